The highest BCUT2D eigenvalue weighted by Crippen LogP contribution is 2.14. The van der Waals surface area contributed by atoms with Crippen molar-refractivity contribution in [2.45, 2.75) is 39.7 Å². The molecule has 0 aliphatic carbocycles. The zero-order valence-corrected chi connectivity index (χ0v) is 9.21. The third-order valence-electron chi connectivity index (χ3n) is 2.29. The van der Waals surface area contributed by atoms with E-state index in [1.807, 2.05) is 0 Å². The van der Waals surface area contributed by atoms with Gasteiger partial charge in [0.1, 0.15) is 0 Å². The lowest BCUT2D eigenvalue weighted by Gasteiger charge is -2.19. The van der Waals surface area contributed by atoms with Gasteiger partial charge < -0.3 is 9.84 Å². The molecule has 0 radical (unpaired) electrons. The Morgan fingerprint density at radius 2 is 2.08 bits per heavy atom. The van der Waals surface area contributed by atoms with Crippen molar-refractivity contribution in [1.82, 2.24) is 0 Å². The summed E-state index contributed by atoms with van der Waals surface area (Å²) in [6, 6.07) is 0. The van der Waals surface area contributed by atoms with E-state index in [1.165, 1.54) is 5.57 Å². The molecule has 0 heterocycles. The van der Waals surface area contributed by atoms with Crippen LogP contribution in [0.2, 0.25) is 0 Å². The van der Waals surface area contributed by atoms with Crippen LogP contribution in [0.5, 0.6) is 0 Å². The minimum absolute atomic E-state index is 0.00874. The molecule has 2 nitrogen and oxygen atoms in total. The van der Waals surface area contributed by atoms with E-state index in [0.29, 0.717) is 5.92 Å². The summed E-state index contributed by atoms with van der Waals surface area (Å²) in [7, 11) is 1.65. The maximum Gasteiger partial charge on any atom is 0.0827 e. The van der Waals surface area contributed by atoms with E-state index >= 15 is 0 Å². The van der Waals surface area contributed by atoms with Crippen molar-refractivity contribution in [3.8, 4) is 0 Å². The van der Waals surface area contributed by atoms with Crippen LogP contribution in [0.3, 0.4) is 0 Å². The van der Waals surface area contributed by atoms with Crippen LogP contribution in [0.4, 0.5) is 0 Å². The molecule has 0 amide bonds. The summed E-state index contributed by atoms with van der Waals surface area (Å²) < 4.78 is 5.15. The Bertz CT molecular complexity index is 144. The predicted molar refractivity (Wildman–Crippen MR) is 55.7 cm³/mol. The summed E-state index contributed by atoms with van der Waals surface area (Å²) in [6.45, 7) is 6.44. The van der Waals surface area contributed by atoms with E-state index in [2.05, 4.69) is 26.8 Å². The van der Waals surface area contributed by atoms with Gasteiger partial charge in [-0.2, -0.15) is 0 Å². The number of hydrogen-bond donors (Lipinski definition) is 1. The second-order valence-electron chi connectivity index (χ2n) is 3.79. The molecule has 0 saturated carbocycles. The van der Waals surface area contributed by atoms with Gasteiger partial charge in [-0.1, -0.05) is 18.6 Å². The third-order valence-corrected chi connectivity index (χ3v) is 2.29. The van der Waals surface area contributed by atoms with Gasteiger partial charge in [0, 0.05) is 7.11 Å². The van der Waals surface area contributed by atoms with Crippen LogP contribution in [0, 0.1) is 5.92 Å². The molecule has 0 fully saturated rings. The van der Waals surface area contributed by atoms with Crippen LogP contribution in [-0.4, -0.2) is 24.9 Å². The summed E-state index contributed by atoms with van der Waals surface area (Å²) in [6.07, 6.45) is 4.36. The Balaban J connectivity index is 3.72. The quantitative estimate of drug-likeness (QED) is 0.645. The fraction of sp³-hybridized carbons (Fsp3) is 0.818. The zero-order valence-electron chi connectivity index (χ0n) is 9.21. The van der Waals surface area contributed by atoms with E-state index in [4.69, 9.17) is 9.84 Å². The number of methoxy groups -OCH3 is 1. The Morgan fingerprint density at radius 1 is 1.46 bits per heavy atom. The molecule has 0 saturated heterocycles. The Labute approximate surface area is 81.6 Å². The fourth-order valence-corrected chi connectivity index (χ4v) is 1.31. The molecule has 1 N–H and O–H groups in total. The van der Waals surface area contributed by atoms with Crippen molar-refractivity contribution in [1.29, 1.82) is 0 Å². The van der Waals surface area contributed by atoms with Crippen molar-refractivity contribution < 1.29 is 9.84 Å². The van der Waals surface area contributed by atoms with Crippen LogP contribution in [0.15, 0.2) is 11.6 Å². The summed E-state index contributed by atoms with van der Waals surface area (Å²) in [5.74, 6) is 0.422. The van der Waals surface area contributed by atoms with Gasteiger partial charge in [-0.3, -0.25) is 0 Å². The topological polar surface area (TPSA) is 29.5 Å². The van der Waals surface area contributed by atoms with E-state index in [0.717, 1.165) is 12.8 Å². The first-order chi connectivity index (χ1) is 6.11. The number of aliphatic hydroxyl groups is 1. The van der Waals surface area contributed by atoms with Gasteiger partial charge in [0.15, 0.2) is 0 Å². The molecule has 0 aliphatic rings. The molecule has 0 aromatic heterocycles. The molecule has 0 aliphatic heterocycles. The fourth-order valence-electron chi connectivity index (χ4n) is 1.31. The highest BCUT2D eigenvalue weighted by atomic mass is 16.5. The second kappa shape index (κ2) is 7.10. The van der Waals surface area contributed by atoms with Gasteiger partial charge in [-0.05, 0) is 32.6 Å². The predicted octanol–water partition coefficient (Wildman–Crippen LogP) is 2.38. The molecule has 2 unspecified atom stereocenters. The minimum atomic E-state index is -0.00874. The number of rotatable bonds is 6. The van der Waals surface area contributed by atoms with Crippen LogP contribution in [-0.2, 0) is 4.74 Å². The summed E-state index contributed by atoms with van der Waals surface area (Å²) in [5.41, 5.74) is 1.35. The van der Waals surface area contributed by atoms with Gasteiger partial charge in [0.05, 0.1) is 12.7 Å². The van der Waals surface area contributed by atoms with Gasteiger partial charge >= 0.3 is 0 Å². The average molecular weight is 186 g/mol. The number of allylic oxidation sites excluding steroid dienone is 2. The van der Waals surface area contributed by atoms with Gasteiger partial charge in [-0.25, -0.2) is 0 Å². The first-order valence-electron chi connectivity index (χ1n) is 4.88. The van der Waals surface area contributed by atoms with Crippen molar-refractivity contribution in [3.05, 3.63) is 11.6 Å². The van der Waals surface area contributed by atoms with Gasteiger partial charge in [-0.15, -0.1) is 0 Å². The smallest absolute Gasteiger partial charge is 0.0827 e. The molecular formula is C11H22O2. The SMILES string of the molecule is COC(CO)C(C)CCC=C(C)C. The second-order valence-corrected chi connectivity index (χ2v) is 3.79. The molecule has 78 valence electrons. The molecule has 0 aromatic carbocycles. The Morgan fingerprint density at radius 3 is 2.46 bits per heavy atom. The highest BCUT2D eigenvalue weighted by molar-refractivity contribution is 4.93. The average Bonchev–Trinajstić information content (AvgIpc) is 2.05. The molecule has 0 aromatic rings. The maximum absolute atomic E-state index is 8.96. The highest BCUT2D eigenvalue weighted by Gasteiger charge is 2.14. The molecule has 0 spiro atoms. The Hall–Kier alpha value is -0.340. The summed E-state index contributed by atoms with van der Waals surface area (Å²) in [5, 5.41) is 8.96. The third kappa shape index (κ3) is 5.83. The summed E-state index contributed by atoms with van der Waals surface area (Å²) >= 11 is 0. The monoisotopic (exact) mass is 186 g/mol. The first kappa shape index (κ1) is 12.7. The van der Waals surface area contributed by atoms with Gasteiger partial charge in [0.25, 0.3) is 0 Å². The first-order valence-corrected chi connectivity index (χ1v) is 4.88. The largest absolute Gasteiger partial charge is 0.394 e. The maximum atomic E-state index is 8.96. The lowest BCUT2D eigenvalue weighted by molar-refractivity contribution is 0.0107. The molecule has 2 heteroatoms. The lowest BCUT2D eigenvalue weighted by Crippen LogP contribution is -2.24. The Kier molecular flexibility index (Phi) is 6.92. The molecule has 2 atom stereocenters. The van der Waals surface area contributed by atoms with E-state index in [9.17, 15) is 0 Å². The zero-order chi connectivity index (χ0) is 10.3. The van der Waals surface area contributed by atoms with E-state index < -0.39 is 0 Å². The van der Waals surface area contributed by atoms with E-state index in [1.54, 1.807) is 7.11 Å². The number of hydrogen-bond acceptors (Lipinski definition) is 2. The standard InChI is InChI=1S/C11H22O2/c1-9(2)6-5-7-10(3)11(8-12)13-4/h6,10-12H,5,7-8H2,1-4H3. The summed E-state index contributed by atoms with van der Waals surface area (Å²) in [4.78, 5) is 0. The van der Waals surface area contributed by atoms with Crippen molar-refractivity contribution in [2.75, 3.05) is 13.7 Å². The van der Waals surface area contributed by atoms with Crippen molar-refractivity contribution >= 4 is 0 Å². The molecular weight excluding hydrogens is 164 g/mol. The molecule has 0 rings (SSSR count). The number of ether oxygens (including phenoxy) is 1. The van der Waals surface area contributed by atoms with Crippen molar-refractivity contribution in [2.24, 2.45) is 5.92 Å². The van der Waals surface area contributed by atoms with Crippen LogP contribution in [0.1, 0.15) is 33.6 Å². The minimum Gasteiger partial charge on any atom is -0.394 e. The number of aliphatic hydroxyl groups excluding tert-OH is 1. The van der Waals surface area contributed by atoms with Crippen LogP contribution >= 0.6 is 0 Å². The van der Waals surface area contributed by atoms with E-state index in [-0.39, 0.29) is 12.7 Å². The van der Waals surface area contributed by atoms with Gasteiger partial charge in [0.2, 0.25) is 0 Å². The molecule has 13 heavy (non-hydrogen) atoms. The van der Waals surface area contributed by atoms with Crippen LogP contribution in [0.25, 0.3) is 0 Å². The normalized spacial score (nSPS) is 15.2. The van der Waals surface area contributed by atoms with Crippen LogP contribution < -0.4 is 0 Å². The van der Waals surface area contributed by atoms with Crippen molar-refractivity contribution in [3.63, 3.8) is 0 Å². The molecule has 0 bridgehead atoms. The lowest BCUT2D eigenvalue weighted by atomic mass is 9.99.